The molecule has 1 aromatic rings. The molecular formula is C11H16ClNO2. The zero-order chi connectivity index (χ0) is 10.6. The molecule has 1 atom stereocenters. The Balaban J connectivity index is 0.00000196. The maximum absolute atomic E-state index is 11.1. The summed E-state index contributed by atoms with van der Waals surface area (Å²) in [5.41, 5.74) is 7.68. The number of hydrogen-bond donors (Lipinski definition) is 1. The Hall–Kier alpha value is -1.06. The zero-order valence-corrected chi connectivity index (χ0v) is 9.71. The standard InChI is InChI=1S/C11H15NO2.ClH/c1-3-8-4-6-9(7-5-8)10(12)11(13)14-2;/h4-7,10H,3,12H2,1-2H3;1H/t10-;/m0./s1. The van der Waals surface area contributed by atoms with E-state index in [0.717, 1.165) is 12.0 Å². The second-order valence-corrected chi connectivity index (χ2v) is 3.10. The maximum Gasteiger partial charge on any atom is 0.327 e. The van der Waals surface area contributed by atoms with Gasteiger partial charge >= 0.3 is 5.97 Å². The van der Waals surface area contributed by atoms with E-state index >= 15 is 0 Å². The number of halogens is 1. The molecule has 2 N–H and O–H groups in total. The molecule has 0 aliphatic carbocycles. The van der Waals surface area contributed by atoms with Crippen molar-refractivity contribution in [3.63, 3.8) is 0 Å². The van der Waals surface area contributed by atoms with E-state index in [1.165, 1.54) is 12.7 Å². The van der Waals surface area contributed by atoms with Crippen LogP contribution in [0.15, 0.2) is 24.3 Å². The molecule has 1 aromatic carbocycles. The molecule has 0 fully saturated rings. The van der Waals surface area contributed by atoms with Gasteiger partial charge in [-0.05, 0) is 17.5 Å². The van der Waals surface area contributed by atoms with Gasteiger partial charge in [0, 0.05) is 0 Å². The van der Waals surface area contributed by atoms with E-state index in [1.807, 2.05) is 24.3 Å². The summed E-state index contributed by atoms with van der Waals surface area (Å²) in [5, 5.41) is 0. The fourth-order valence-corrected chi connectivity index (χ4v) is 1.22. The number of rotatable bonds is 3. The third-order valence-corrected chi connectivity index (χ3v) is 2.20. The van der Waals surface area contributed by atoms with Gasteiger partial charge in [-0.15, -0.1) is 12.4 Å². The van der Waals surface area contributed by atoms with E-state index in [9.17, 15) is 4.79 Å². The lowest BCUT2D eigenvalue weighted by molar-refractivity contribution is -0.142. The van der Waals surface area contributed by atoms with E-state index in [4.69, 9.17) is 5.73 Å². The topological polar surface area (TPSA) is 52.3 Å². The smallest absolute Gasteiger partial charge is 0.327 e. The number of benzene rings is 1. The normalized spacial score (nSPS) is 11.4. The van der Waals surface area contributed by atoms with Crippen molar-refractivity contribution in [3.05, 3.63) is 35.4 Å². The van der Waals surface area contributed by atoms with Crippen LogP contribution in [-0.4, -0.2) is 13.1 Å². The molecule has 0 aromatic heterocycles. The molecule has 0 saturated heterocycles. The van der Waals surface area contributed by atoms with Crippen LogP contribution in [0.4, 0.5) is 0 Å². The van der Waals surface area contributed by atoms with Crippen LogP contribution in [-0.2, 0) is 16.0 Å². The molecule has 15 heavy (non-hydrogen) atoms. The number of ether oxygens (including phenoxy) is 1. The lowest BCUT2D eigenvalue weighted by Gasteiger charge is -2.09. The molecule has 0 spiro atoms. The predicted octanol–water partition coefficient (Wildman–Crippen LogP) is 1.84. The van der Waals surface area contributed by atoms with Crippen molar-refractivity contribution in [3.8, 4) is 0 Å². The van der Waals surface area contributed by atoms with Crippen LogP contribution in [0.2, 0.25) is 0 Å². The largest absolute Gasteiger partial charge is 0.468 e. The van der Waals surface area contributed by atoms with E-state index in [-0.39, 0.29) is 12.4 Å². The third-order valence-electron chi connectivity index (χ3n) is 2.20. The molecule has 84 valence electrons. The Kier molecular flexibility index (Phi) is 5.97. The van der Waals surface area contributed by atoms with Crippen molar-refractivity contribution in [2.45, 2.75) is 19.4 Å². The molecule has 0 saturated carbocycles. The zero-order valence-electron chi connectivity index (χ0n) is 8.90. The fourth-order valence-electron chi connectivity index (χ4n) is 1.22. The van der Waals surface area contributed by atoms with Gasteiger partial charge in [-0.2, -0.15) is 0 Å². The SMILES string of the molecule is CCc1ccc([C@H](N)C(=O)OC)cc1.Cl. The summed E-state index contributed by atoms with van der Waals surface area (Å²) < 4.78 is 4.56. The number of methoxy groups -OCH3 is 1. The van der Waals surface area contributed by atoms with Crippen LogP contribution < -0.4 is 5.73 Å². The van der Waals surface area contributed by atoms with Crippen LogP contribution in [0.1, 0.15) is 24.1 Å². The molecule has 0 radical (unpaired) electrons. The van der Waals surface area contributed by atoms with Crippen LogP contribution in [0.3, 0.4) is 0 Å². The average molecular weight is 230 g/mol. The van der Waals surface area contributed by atoms with Gasteiger partial charge in [0.2, 0.25) is 0 Å². The van der Waals surface area contributed by atoms with Crippen LogP contribution in [0.5, 0.6) is 0 Å². The van der Waals surface area contributed by atoms with E-state index in [1.54, 1.807) is 0 Å². The van der Waals surface area contributed by atoms with Crippen molar-refractivity contribution >= 4 is 18.4 Å². The van der Waals surface area contributed by atoms with Gasteiger partial charge in [-0.1, -0.05) is 31.2 Å². The summed E-state index contributed by atoms with van der Waals surface area (Å²) in [6.45, 7) is 2.08. The van der Waals surface area contributed by atoms with Gasteiger partial charge in [-0.3, -0.25) is 4.79 Å². The first kappa shape index (κ1) is 13.9. The average Bonchev–Trinajstić information content (AvgIpc) is 2.27. The first-order valence-corrected chi connectivity index (χ1v) is 4.61. The summed E-state index contributed by atoms with van der Waals surface area (Å²) >= 11 is 0. The van der Waals surface area contributed by atoms with Gasteiger partial charge in [0.15, 0.2) is 0 Å². The molecule has 0 heterocycles. The molecular weight excluding hydrogens is 214 g/mol. The molecule has 1 rings (SSSR count). The fraction of sp³-hybridized carbons (Fsp3) is 0.364. The van der Waals surface area contributed by atoms with Gasteiger partial charge in [0.1, 0.15) is 6.04 Å². The predicted molar refractivity (Wildman–Crippen MR) is 62.0 cm³/mol. The number of nitrogens with two attached hydrogens (primary N) is 1. The van der Waals surface area contributed by atoms with Crippen molar-refractivity contribution in [2.75, 3.05) is 7.11 Å². The minimum atomic E-state index is -0.675. The number of aryl methyl sites for hydroxylation is 1. The van der Waals surface area contributed by atoms with Crippen molar-refractivity contribution in [1.29, 1.82) is 0 Å². The van der Waals surface area contributed by atoms with E-state index in [0.29, 0.717) is 0 Å². The Morgan fingerprint density at radius 3 is 2.33 bits per heavy atom. The monoisotopic (exact) mass is 229 g/mol. The minimum absolute atomic E-state index is 0. The van der Waals surface area contributed by atoms with Crippen molar-refractivity contribution < 1.29 is 9.53 Å². The quantitative estimate of drug-likeness (QED) is 0.805. The van der Waals surface area contributed by atoms with Crippen molar-refractivity contribution in [2.24, 2.45) is 5.73 Å². The van der Waals surface area contributed by atoms with Gasteiger partial charge in [0.05, 0.1) is 7.11 Å². The van der Waals surface area contributed by atoms with Crippen molar-refractivity contribution in [1.82, 2.24) is 0 Å². The van der Waals surface area contributed by atoms with Gasteiger partial charge in [-0.25, -0.2) is 0 Å². The lowest BCUT2D eigenvalue weighted by Crippen LogP contribution is -2.22. The van der Waals surface area contributed by atoms with E-state index < -0.39 is 12.0 Å². The third kappa shape index (κ3) is 3.53. The number of hydrogen-bond acceptors (Lipinski definition) is 3. The summed E-state index contributed by atoms with van der Waals surface area (Å²) in [5.74, 6) is -0.408. The molecule has 0 amide bonds. The van der Waals surface area contributed by atoms with Crippen LogP contribution in [0, 0.1) is 0 Å². The summed E-state index contributed by atoms with van der Waals surface area (Å²) in [7, 11) is 1.34. The first-order valence-electron chi connectivity index (χ1n) is 4.61. The molecule has 0 aliphatic heterocycles. The highest BCUT2D eigenvalue weighted by Gasteiger charge is 2.15. The number of carbonyl (C=O) groups is 1. The molecule has 3 nitrogen and oxygen atoms in total. The number of esters is 1. The van der Waals surface area contributed by atoms with E-state index in [2.05, 4.69) is 11.7 Å². The minimum Gasteiger partial charge on any atom is -0.468 e. The Labute approximate surface area is 96.0 Å². The van der Waals surface area contributed by atoms with Crippen LogP contribution in [0.25, 0.3) is 0 Å². The second kappa shape index (κ2) is 6.43. The second-order valence-electron chi connectivity index (χ2n) is 3.10. The molecule has 0 bridgehead atoms. The molecule has 0 unspecified atom stereocenters. The Morgan fingerprint density at radius 2 is 1.93 bits per heavy atom. The summed E-state index contributed by atoms with van der Waals surface area (Å²) in [6, 6.07) is 6.99. The Morgan fingerprint density at radius 1 is 1.40 bits per heavy atom. The number of carbonyl (C=O) groups excluding carboxylic acids is 1. The molecule has 0 aliphatic rings. The lowest BCUT2D eigenvalue weighted by atomic mass is 10.0. The highest BCUT2D eigenvalue weighted by Crippen LogP contribution is 2.13. The summed E-state index contributed by atoms with van der Waals surface area (Å²) in [4.78, 5) is 11.1. The highest BCUT2D eigenvalue weighted by atomic mass is 35.5. The van der Waals surface area contributed by atoms with Gasteiger partial charge in [0.25, 0.3) is 0 Å². The first-order chi connectivity index (χ1) is 6.69. The Bertz CT molecular complexity index is 311. The van der Waals surface area contributed by atoms with Gasteiger partial charge < -0.3 is 10.5 Å². The highest BCUT2D eigenvalue weighted by molar-refractivity contribution is 5.85. The molecule has 4 heteroatoms. The van der Waals surface area contributed by atoms with Crippen LogP contribution >= 0.6 is 12.4 Å². The summed E-state index contributed by atoms with van der Waals surface area (Å²) in [6.07, 6.45) is 0.980. The maximum atomic E-state index is 11.1.